The third-order valence-electron chi connectivity index (χ3n) is 4.89. The maximum absolute atomic E-state index is 12.2. The van der Waals surface area contributed by atoms with Crippen molar-refractivity contribution in [2.45, 2.75) is 6.92 Å². The van der Waals surface area contributed by atoms with Crippen LogP contribution in [-0.2, 0) is 4.79 Å². The van der Waals surface area contributed by atoms with E-state index in [1.165, 1.54) is 0 Å². The van der Waals surface area contributed by atoms with Crippen LogP contribution in [0.3, 0.4) is 0 Å². The van der Waals surface area contributed by atoms with Gasteiger partial charge in [0.15, 0.2) is 0 Å². The molecule has 4 rings (SSSR count). The molecule has 0 saturated carbocycles. The summed E-state index contributed by atoms with van der Waals surface area (Å²) in [6.45, 7) is 1.72. The Morgan fingerprint density at radius 2 is 1.70 bits per heavy atom. The van der Waals surface area contributed by atoms with Gasteiger partial charge in [-0.3, -0.25) is 9.59 Å². The number of carbonyl (C=O) groups excluding carboxylic acids is 2. The monoisotopic (exact) mass is 437 g/mol. The van der Waals surface area contributed by atoms with Crippen LogP contribution in [0.5, 0.6) is 0 Å². The minimum atomic E-state index is -0.427. The molecule has 2 amide bonds. The number of hydrogen-bond acceptors (Lipinski definition) is 4. The van der Waals surface area contributed by atoms with Gasteiger partial charge in [0, 0.05) is 22.9 Å². The normalized spacial score (nSPS) is 10.8. The highest BCUT2D eigenvalue weighted by Gasteiger charge is 2.11. The van der Waals surface area contributed by atoms with E-state index in [4.69, 9.17) is 5.10 Å². The molecule has 0 saturated heterocycles. The first-order valence-electron chi connectivity index (χ1n) is 10.5. The van der Waals surface area contributed by atoms with E-state index in [-0.39, 0.29) is 12.5 Å². The van der Waals surface area contributed by atoms with Crippen molar-refractivity contribution in [3.63, 3.8) is 0 Å². The summed E-state index contributed by atoms with van der Waals surface area (Å²) in [4.78, 5) is 24.4. The van der Waals surface area contributed by atoms with Gasteiger partial charge >= 0.3 is 0 Å². The number of aryl methyl sites for hydroxylation is 1. The average molecular weight is 438 g/mol. The summed E-state index contributed by atoms with van der Waals surface area (Å²) >= 11 is 0. The van der Waals surface area contributed by atoms with Gasteiger partial charge in [-0.25, -0.2) is 10.1 Å². The lowest BCUT2D eigenvalue weighted by atomic mass is 10.1. The Morgan fingerprint density at radius 1 is 0.970 bits per heavy atom. The first kappa shape index (κ1) is 21.7. The number of rotatable bonds is 7. The van der Waals surface area contributed by atoms with Crippen LogP contribution >= 0.6 is 0 Å². The molecule has 1 aromatic heterocycles. The average Bonchev–Trinajstić information content (AvgIpc) is 3.28. The highest BCUT2D eigenvalue weighted by atomic mass is 16.2. The Balaban J connectivity index is 1.44. The van der Waals surface area contributed by atoms with Gasteiger partial charge in [-0.2, -0.15) is 10.2 Å². The minimum absolute atomic E-state index is 0.182. The van der Waals surface area contributed by atoms with Crippen LogP contribution in [0.2, 0.25) is 0 Å². The highest BCUT2D eigenvalue weighted by molar-refractivity contribution is 5.96. The van der Waals surface area contributed by atoms with Gasteiger partial charge in [0.2, 0.25) is 0 Å². The van der Waals surface area contributed by atoms with Crippen LogP contribution in [0.25, 0.3) is 16.9 Å². The molecule has 0 bridgehead atoms. The topological polar surface area (TPSA) is 88.4 Å². The zero-order valence-electron chi connectivity index (χ0n) is 18.1. The second-order valence-electron chi connectivity index (χ2n) is 7.42. The van der Waals surface area contributed by atoms with Gasteiger partial charge < -0.3 is 5.32 Å². The molecule has 0 fully saturated rings. The molecule has 0 atom stereocenters. The molecule has 1 heterocycles. The fourth-order valence-electron chi connectivity index (χ4n) is 3.28. The van der Waals surface area contributed by atoms with Crippen molar-refractivity contribution >= 4 is 18.0 Å². The number of carbonyl (C=O) groups is 2. The van der Waals surface area contributed by atoms with Crippen LogP contribution in [0.15, 0.2) is 96.2 Å². The predicted octanol–water partition coefficient (Wildman–Crippen LogP) is 3.73. The molecule has 0 spiro atoms. The Kier molecular flexibility index (Phi) is 6.70. The number of hydrazone groups is 1. The SMILES string of the molecule is Cc1cccc(C(=O)NCC(=O)N/N=C/c2cn(-c3ccccc3)nc2-c2ccccc2)c1. The maximum Gasteiger partial charge on any atom is 0.259 e. The molecule has 33 heavy (non-hydrogen) atoms. The molecule has 3 aromatic carbocycles. The van der Waals surface area contributed by atoms with Gasteiger partial charge in [-0.1, -0.05) is 66.2 Å². The minimum Gasteiger partial charge on any atom is -0.343 e. The molecule has 0 radical (unpaired) electrons. The lowest BCUT2D eigenvalue weighted by Crippen LogP contribution is -2.34. The summed E-state index contributed by atoms with van der Waals surface area (Å²) in [7, 11) is 0. The third-order valence-corrected chi connectivity index (χ3v) is 4.89. The summed E-state index contributed by atoms with van der Waals surface area (Å²) in [5.41, 5.74) is 7.27. The van der Waals surface area contributed by atoms with Gasteiger partial charge in [-0.15, -0.1) is 0 Å². The van der Waals surface area contributed by atoms with Crippen LogP contribution < -0.4 is 10.7 Å². The van der Waals surface area contributed by atoms with E-state index in [1.54, 1.807) is 29.1 Å². The largest absolute Gasteiger partial charge is 0.343 e. The lowest BCUT2D eigenvalue weighted by molar-refractivity contribution is -0.120. The van der Waals surface area contributed by atoms with Crippen molar-refractivity contribution < 1.29 is 9.59 Å². The lowest BCUT2D eigenvalue weighted by Gasteiger charge is -2.05. The zero-order chi connectivity index (χ0) is 23.0. The molecular weight excluding hydrogens is 414 g/mol. The number of hydrogen-bond donors (Lipinski definition) is 2. The van der Waals surface area contributed by atoms with Gasteiger partial charge in [0.25, 0.3) is 11.8 Å². The van der Waals surface area contributed by atoms with Crippen molar-refractivity contribution in [3.8, 4) is 16.9 Å². The molecular formula is C26H23N5O2. The van der Waals surface area contributed by atoms with Crippen molar-refractivity contribution in [3.05, 3.63) is 108 Å². The van der Waals surface area contributed by atoms with Crippen LogP contribution in [0, 0.1) is 6.92 Å². The van der Waals surface area contributed by atoms with Crippen LogP contribution in [0.1, 0.15) is 21.5 Å². The molecule has 164 valence electrons. The Bertz CT molecular complexity index is 1280. The molecule has 7 nitrogen and oxygen atoms in total. The predicted molar refractivity (Wildman–Crippen MR) is 128 cm³/mol. The highest BCUT2D eigenvalue weighted by Crippen LogP contribution is 2.22. The third kappa shape index (κ3) is 5.59. The van der Waals surface area contributed by atoms with Crippen molar-refractivity contribution in [2.75, 3.05) is 6.54 Å². The van der Waals surface area contributed by atoms with Crippen LogP contribution in [-0.4, -0.2) is 34.4 Å². The van der Waals surface area contributed by atoms with Gasteiger partial charge in [0.1, 0.15) is 5.69 Å². The smallest absolute Gasteiger partial charge is 0.259 e. The molecule has 0 aliphatic carbocycles. The molecule has 0 unspecified atom stereocenters. The number of para-hydroxylation sites is 1. The Morgan fingerprint density at radius 3 is 2.42 bits per heavy atom. The summed E-state index contributed by atoms with van der Waals surface area (Å²) in [5.74, 6) is -0.739. The van der Waals surface area contributed by atoms with E-state index in [0.29, 0.717) is 5.56 Å². The molecule has 0 aliphatic rings. The zero-order valence-corrected chi connectivity index (χ0v) is 18.1. The fourth-order valence-corrected chi connectivity index (χ4v) is 3.28. The van der Waals surface area contributed by atoms with E-state index in [2.05, 4.69) is 15.8 Å². The summed E-state index contributed by atoms with van der Waals surface area (Å²) < 4.78 is 1.77. The quantitative estimate of drug-likeness (QED) is 0.341. The molecule has 0 aliphatic heterocycles. The molecule has 7 heteroatoms. The van der Waals surface area contributed by atoms with Crippen molar-refractivity contribution in [1.29, 1.82) is 0 Å². The first-order chi connectivity index (χ1) is 16.1. The first-order valence-corrected chi connectivity index (χ1v) is 10.5. The van der Waals surface area contributed by atoms with Gasteiger partial charge in [-0.05, 0) is 31.2 Å². The van der Waals surface area contributed by atoms with Crippen LogP contribution in [0.4, 0.5) is 0 Å². The van der Waals surface area contributed by atoms with E-state index in [0.717, 1.165) is 28.1 Å². The number of aromatic nitrogens is 2. The molecule has 4 aromatic rings. The van der Waals surface area contributed by atoms with Crippen molar-refractivity contribution in [2.24, 2.45) is 5.10 Å². The van der Waals surface area contributed by atoms with E-state index in [1.807, 2.05) is 79.9 Å². The number of amides is 2. The number of nitrogens with one attached hydrogen (secondary N) is 2. The second kappa shape index (κ2) is 10.2. The number of benzene rings is 3. The fraction of sp³-hybridized carbons (Fsp3) is 0.0769. The maximum atomic E-state index is 12.2. The molecule has 2 N–H and O–H groups in total. The summed E-state index contributed by atoms with van der Waals surface area (Å²) in [5, 5.41) is 11.4. The second-order valence-corrected chi connectivity index (χ2v) is 7.42. The number of nitrogens with zero attached hydrogens (tertiary/aromatic N) is 3. The van der Waals surface area contributed by atoms with E-state index >= 15 is 0 Å². The van der Waals surface area contributed by atoms with Crippen molar-refractivity contribution in [1.82, 2.24) is 20.5 Å². The summed E-state index contributed by atoms with van der Waals surface area (Å²) in [6.07, 6.45) is 3.40. The Labute approximate surface area is 191 Å². The Hall–Kier alpha value is -4.52. The van der Waals surface area contributed by atoms with E-state index in [9.17, 15) is 9.59 Å². The van der Waals surface area contributed by atoms with E-state index < -0.39 is 5.91 Å². The standard InChI is InChI=1S/C26H23N5O2/c1-19-9-8-12-21(15-19)26(33)27-17-24(32)29-28-16-22-18-31(23-13-6-3-7-14-23)30-25(22)20-10-4-2-5-11-20/h2-16,18H,17H2,1H3,(H,27,33)(H,29,32)/b28-16+. The summed E-state index contributed by atoms with van der Waals surface area (Å²) in [6, 6.07) is 26.7. The van der Waals surface area contributed by atoms with Gasteiger partial charge in [0.05, 0.1) is 18.4 Å².